The minimum atomic E-state index is 0.264. The highest BCUT2D eigenvalue weighted by Gasteiger charge is 2.01. The SMILES string of the molecule is CC(C)NC(=S)N/N=C\c1cccc(Cl)c1Cl. The summed E-state index contributed by atoms with van der Waals surface area (Å²) in [6, 6.07) is 5.61. The zero-order valence-corrected chi connectivity index (χ0v) is 11.8. The molecule has 0 fully saturated rings. The topological polar surface area (TPSA) is 36.4 Å². The first-order chi connectivity index (χ1) is 8.00. The van der Waals surface area contributed by atoms with Crippen LogP contribution in [0.2, 0.25) is 10.0 Å². The number of hydrogen-bond acceptors (Lipinski definition) is 2. The molecule has 0 spiro atoms. The molecule has 0 saturated heterocycles. The Labute approximate surface area is 116 Å². The second-order valence-corrected chi connectivity index (χ2v) is 4.83. The highest BCUT2D eigenvalue weighted by atomic mass is 35.5. The molecule has 0 bridgehead atoms. The molecule has 0 heterocycles. The minimum Gasteiger partial charge on any atom is -0.359 e. The highest BCUT2D eigenvalue weighted by molar-refractivity contribution is 7.80. The lowest BCUT2D eigenvalue weighted by atomic mass is 10.2. The van der Waals surface area contributed by atoms with Gasteiger partial charge in [0.25, 0.3) is 0 Å². The number of benzene rings is 1. The van der Waals surface area contributed by atoms with E-state index in [0.29, 0.717) is 15.2 Å². The summed E-state index contributed by atoms with van der Waals surface area (Å²) in [4.78, 5) is 0. The molecule has 0 unspecified atom stereocenters. The Morgan fingerprint density at radius 2 is 2.12 bits per heavy atom. The van der Waals surface area contributed by atoms with Crippen LogP contribution in [-0.4, -0.2) is 17.4 Å². The van der Waals surface area contributed by atoms with Crippen LogP contribution in [0.5, 0.6) is 0 Å². The Morgan fingerprint density at radius 3 is 2.76 bits per heavy atom. The first kappa shape index (κ1) is 14.2. The third-order valence-electron chi connectivity index (χ3n) is 1.77. The first-order valence-electron chi connectivity index (χ1n) is 5.04. The van der Waals surface area contributed by atoms with E-state index in [2.05, 4.69) is 15.8 Å². The molecular weight excluding hydrogens is 277 g/mol. The van der Waals surface area contributed by atoms with Crippen molar-refractivity contribution in [3.8, 4) is 0 Å². The Hall–Kier alpha value is -0.840. The molecule has 0 aliphatic rings. The summed E-state index contributed by atoms with van der Waals surface area (Å²) in [6.45, 7) is 3.98. The zero-order chi connectivity index (χ0) is 12.8. The van der Waals surface area contributed by atoms with Crippen molar-refractivity contribution in [3.05, 3.63) is 33.8 Å². The van der Waals surface area contributed by atoms with Crippen molar-refractivity contribution in [2.75, 3.05) is 0 Å². The summed E-state index contributed by atoms with van der Waals surface area (Å²) in [6.07, 6.45) is 1.57. The number of thiocarbonyl (C=S) groups is 1. The molecule has 17 heavy (non-hydrogen) atoms. The van der Waals surface area contributed by atoms with Crippen LogP contribution < -0.4 is 10.7 Å². The van der Waals surface area contributed by atoms with Gasteiger partial charge in [-0.3, -0.25) is 5.43 Å². The first-order valence-corrected chi connectivity index (χ1v) is 6.20. The summed E-state index contributed by atoms with van der Waals surface area (Å²) in [5.41, 5.74) is 3.43. The Bertz CT molecular complexity index is 433. The summed E-state index contributed by atoms with van der Waals surface area (Å²) >= 11 is 16.9. The molecule has 1 rings (SSSR count). The quantitative estimate of drug-likeness (QED) is 0.510. The van der Waals surface area contributed by atoms with E-state index in [4.69, 9.17) is 35.4 Å². The van der Waals surface area contributed by atoms with E-state index in [1.807, 2.05) is 19.9 Å². The molecule has 0 aromatic heterocycles. The maximum Gasteiger partial charge on any atom is 0.187 e. The normalized spacial score (nSPS) is 10.9. The minimum absolute atomic E-state index is 0.264. The number of nitrogens with one attached hydrogen (secondary N) is 2. The maximum atomic E-state index is 5.99. The molecule has 1 aromatic carbocycles. The van der Waals surface area contributed by atoms with Crippen molar-refractivity contribution in [3.63, 3.8) is 0 Å². The van der Waals surface area contributed by atoms with E-state index in [9.17, 15) is 0 Å². The summed E-state index contributed by atoms with van der Waals surface area (Å²) in [5.74, 6) is 0. The van der Waals surface area contributed by atoms with Crippen molar-refractivity contribution in [1.82, 2.24) is 10.7 Å². The monoisotopic (exact) mass is 289 g/mol. The number of halogens is 2. The third-order valence-corrected chi connectivity index (χ3v) is 2.81. The molecule has 0 aliphatic carbocycles. The molecular formula is C11H13Cl2N3S. The van der Waals surface area contributed by atoms with Gasteiger partial charge in [0.05, 0.1) is 16.3 Å². The fourth-order valence-corrected chi connectivity index (χ4v) is 1.72. The van der Waals surface area contributed by atoms with Crippen LogP contribution in [0.25, 0.3) is 0 Å². The smallest absolute Gasteiger partial charge is 0.187 e. The van der Waals surface area contributed by atoms with Gasteiger partial charge in [0.15, 0.2) is 5.11 Å². The average molecular weight is 290 g/mol. The number of nitrogens with zero attached hydrogens (tertiary/aromatic N) is 1. The Morgan fingerprint density at radius 1 is 1.41 bits per heavy atom. The lowest BCUT2D eigenvalue weighted by molar-refractivity contribution is 0.720. The molecule has 2 N–H and O–H groups in total. The molecule has 0 aliphatic heterocycles. The van der Waals surface area contributed by atoms with Crippen LogP contribution in [0.4, 0.5) is 0 Å². The number of rotatable bonds is 3. The van der Waals surface area contributed by atoms with Crippen LogP contribution in [0.1, 0.15) is 19.4 Å². The van der Waals surface area contributed by atoms with E-state index in [-0.39, 0.29) is 6.04 Å². The highest BCUT2D eigenvalue weighted by Crippen LogP contribution is 2.23. The molecule has 0 radical (unpaired) electrons. The standard InChI is InChI=1S/C11H13Cl2N3S/c1-7(2)15-11(17)16-14-6-8-4-3-5-9(12)10(8)13/h3-7H,1-2H3,(H2,15,16,17)/b14-6-. The summed E-state index contributed by atoms with van der Waals surface area (Å²) in [5, 5.41) is 8.42. The molecule has 1 aromatic rings. The lowest BCUT2D eigenvalue weighted by Gasteiger charge is -2.09. The molecule has 92 valence electrons. The summed E-state index contributed by atoms with van der Waals surface area (Å²) < 4.78 is 0. The van der Waals surface area contributed by atoms with Crippen molar-refractivity contribution in [1.29, 1.82) is 0 Å². The van der Waals surface area contributed by atoms with Gasteiger partial charge in [-0.05, 0) is 32.1 Å². The van der Waals surface area contributed by atoms with Crippen LogP contribution in [0.15, 0.2) is 23.3 Å². The van der Waals surface area contributed by atoms with Crippen molar-refractivity contribution in [2.24, 2.45) is 5.10 Å². The third kappa shape index (κ3) is 4.89. The van der Waals surface area contributed by atoms with Gasteiger partial charge in [0.1, 0.15) is 0 Å². The van der Waals surface area contributed by atoms with E-state index < -0.39 is 0 Å². The van der Waals surface area contributed by atoms with E-state index in [1.54, 1.807) is 18.3 Å². The largest absolute Gasteiger partial charge is 0.359 e. The van der Waals surface area contributed by atoms with Gasteiger partial charge in [-0.25, -0.2) is 0 Å². The Kier molecular flexibility index (Phi) is 5.68. The molecule has 6 heteroatoms. The Balaban J connectivity index is 2.60. The van der Waals surface area contributed by atoms with Gasteiger partial charge < -0.3 is 5.32 Å². The lowest BCUT2D eigenvalue weighted by Crippen LogP contribution is -2.36. The fourth-order valence-electron chi connectivity index (χ4n) is 1.08. The second-order valence-electron chi connectivity index (χ2n) is 3.64. The van der Waals surface area contributed by atoms with Crippen molar-refractivity contribution >= 4 is 46.7 Å². The van der Waals surface area contributed by atoms with Crippen LogP contribution in [-0.2, 0) is 0 Å². The fraction of sp³-hybridized carbons (Fsp3) is 0.273. The zero-order valence-electron chi connectivity index (χ0n) is 9.50. The van der Waals surface area contributed by atoms with Crippen LogP contribution in [0.3, 0.4) is 0 Å². The van der Waals surface area contributed by atoms with Gasteiger partial charge in [0, 0.05) is 11.6 Å². The molecule has 0 atom stereocenters. The van der Waals surface area contributed by atoms with Crippen molar-refractivity contribution < 1.29 is 0 Å². The van der Waals surface area contributed by atoms with E-state index in [0.717, 1.165) is 5.56 Å². The van der Waals surface area contributed by atoms with Crippen molar-refractivity contribution in [2.45, 2.75) is 19.9 Å². The van der Waals surface area contributed by atoms with E-state index >= 15 is 0 Å². The van der Waals surface area contributed by atoms with Gasteiger partial charge in [0.2, 0.25) is 0 Å². The van der Waals surface area contributed by atoms with E-state index in [1.165, 1.54) is 0 Å². The van der Waals surface area contributed by atoms with Gasteiger partial charge in [-0.1, -0.05) is 35.3 Å². The van der Waals surface area contributed by atoms with Gasteiger partial charge >= 0.3 is 0 Å². The predicted molar refractivity (Wildman–Crippen MR) is 78.1 cm³/mol. The molecule has 3 nitrogen and oxygen atoms in total. The number of hydrazone groups is 1. The van der Waals surface area contributed by atoms with Gasteiger partial charge in [-0.2, -0.15) is 5.10 Å². The predicted octanol–water partition coefficient (Wildman–Crippen LogP) is 3.20. The second kappa shape index (κ2) is 6.79. The van der Waals surface area contributed by atoms with Gasteiger partial charge in [-0.15, -0.1) is 0 Å². The van der Waals surface area contributed by atoms with Crippen LogP contribution >= 0.6 is 35.4 Å². The average Bonchev–Trinajstić information content (AvgIpc) is 2.23. The molecule has 0 saturated carbocycles. The number of hydrogen-bond donors (Lipinski definition) is 2. The maximum absolute atomic E-state index is 5.99. The van der Waals surface area contributed by atoms with Crippen LogP contribution in [0, 0.1) is 0 Å². The molecule has 0 amide bonds. The summed E-state index contributed by atoms with van der Waals surface area (Å²) in [7, 11) is 0.